The van der Waals surface area contributed by atoms with Gasteiger partial charge in [-0.1, -0.05) is 18.2 Å². The highest BCUT2D eigenvalue weighted by Crippen LogP contribution is 2.33. The van der Waals surface area contributed by atoms with Gasteiger partial charge in [0.05, 0.1) is 18.7 Å². The van der Waals surface area contributed by atoms with E-state index in [0.717, 1.165) is 65.4 Å². The highest BCUT2D eigenvalue weighted by molar-refractivity contribution is 6.08. The number of nitrogens with two attached hydrogens (primary N) is 1. The van der Waals surface area contributed by atoms with Gasteiger partial charge in [-0.05, 0) is 29.8 Å². The molecule has 6 heteroatoms. The topological polar surface area (TPSA) is 69.2 Å². The summed E-state index contributed by atoms with van der Waals surface area (Å²) in [5.74, 6) is 1.72. The number of morpholine rings is 1. The van der Waals surface area contributed by atoms with Crippen molar-refractivity contribution in [1.29, 1.82) is 0 Å². The van der Waals surface area contributed by atoms with Gasteiger partial charge in [-0.3, -0.25) is 0 Å². The molecular weight excluding hydrogens is 350 g/mol. The van der Waals surface area contributed by atoms with Gasteiger partial charge >= 0.3 is 0 Å². The van der Waals surface area contributed by atoms with Crippen LogP contribution in [0.3, 0.4) is 0 Å². The molecule has 0 unspecified atom stereocenters. The lowest BCUT2D eigenvalue weighted by molar-refractivity contribution is 0.122. The van der Waals surface area contributed by atoms with Crippen LogP contribution in [-0.4, -0.2) is 40.8 Å². The Morgan fingerprint density at radius 2 is 1.89 bits per heavy atom. The van der Waals surface area contributed by atoms with Crippen molar-refractivity contribution in [1.82, 2.24) is 14.5 Å². The molecular formula is C22H23N5O. The van der Waals surface area contributed by atoms with E-state index >= 15 is 0 Å². The molecule has 0 radical (unpaired) electrons. The molecule has 28 heavy (non-hydrogen) atoms. The fourth-order valence-corrected chi connectivity index (χ4v) is 3.91. The smallest absolute Gasteiger partial charge is 0.162 e. The van der Waals surface area contributed by atoms with E-state index in [1.165, 1.54) is 5.52 Å². The van der Waals surface area contributed by atoms with Crippen molar-refractivity contribution in [2.75, 3.05) is 31.2 Å². The third-order valence-electron chi connectivity index (χ3n) is 5.44. The predicted octanol–water partition coefficient (Wildman–Crippen LogP) is 3.08. The number of aryl methyl sites for hydroxylation is 1. The molecule has 1 aliphatic rings. The average molecular weight is 373 g/mol. The number of hydrogen-bond acceptors (Lipinski definition) is 5. The van der Waals surface area contributed by atoms with E-state index < -0.39 is 0 Å². The number of hydrogen-bond donors (Lipinski definition) is 1. The van der Waals surface area contributed by atoms with E-state index in [4.69, 9.17) is 20.4 Å². The van der Waals surface area contributed by atoms with Crippen LogP contribution in [0.25, 0.3) is 33.2 Å². The summed E-state index contributed by atoms with van der Waals surface area (Å²) in [7, 11) is 2.06. The van der Waals surface area contributed by atoms with Crippen LogP contribution in [0.1, 0.15) is 5.56 Å². The van der Waals surface area contributed by atoms with Crippen molar-refractivity contribution in [3.8, 4) is 11.4 Å². The van der Waals surface area contributed by atoms with Gasteiger partial charge in [-0.2, -0.15) is 0 Å². The van der Waals surface area contributed by atoms with E-state index in [0.29, 0.717) is 6.54 Å². The van der Waals surface area contributed by atoms with Crippen LogP contribution in [0.2, 0.25) is 0 Å². The molecule has 1 aliphatic heterocycles. The summed E-state index contributed by atoms with van der Waals surface area (Å²) in [5.41, 5.74) is 10.1. The number of rotatable bonds is 3. The zero-order chi connectivity index (χ0) is 19.1. The predicted molar refractivity (Wildman–Crippen MR) is 112 cm³/mol. The Kier molecular flexibility index (Phi) is 4.22. The van der Waals surface area contributed by atoms with Crippen molar-refractivity contribution in [3.63, 3.8) is 0 Å². The lowest BCUT2D eigenvalue weighted by Crippen LogP contribution is -2.37. The molecule has 0 aliphatic carbocycles. The number of ether oxygens (including phenoxy) is 1. The van der Waals surface area contributed by atoms with Crippen LogP contribution in [0.5, 0.6) is 0 Å². The summed E-state index contributed by atoms with van der Waals surface area (Å²) in [5, 5.41) is 2.23. The van der Waals surface area contributed by atoms with Crippen LogP contribution in [0, 0.1) is 0 Å². The van der Waals surface area contributed by atoms with E-state index in [-0.39, 0.29) is 0 Å². The van der Waals surface area contributed by atoms with Crippen molar-refractivity contribution < 1.29 is 4.74 Å². The van der Waals surface area contributed by atoms with Gasteiger partial charge in [0.2, 0.25) is 0 Å². The second kappa shape index (κ2) is 6.89. The Morgan fingerprint density at radius 3 is 2.71 bits per heavy atom. The highest BCUT2D eigenvalue weighted by Gasteiger charge is 2.19. The molecule has 4 aromatic rings. The number of fused-ring (bicyclic) bond motifs is 3. The molecule has 0 amide bonds. The van der Waals surface area contributed by atoms with Crippen molar-refractivity contribution in [2.45, 2.75) is 6.54 Å². The van der Waals surface area contributed by atoms with Gasteiger partial charge in [0.15, 0.2) is 5.82 Å². The molecule has 6 nitrogen and oxygen atoms in total. The first kappa shape index (κ1) is 17.2. The summed E-state index contributed by atoms with van der Waals surface area (Å²) in [6.07, 6.45) is 2.08. The average Bonchev–Trinajstić information content (AvgIpc) is 3.15. The molecule has 142 valence electrons. The lowest BCUT2D eigenvalue weighted by Gasteiger charge is -2.29. The Hall–Kier alpha value is -2.96. The fourth-order valence-electron chi connectivity index (χ4n) is 3.91. The van der Waals surface area contributed by atoms with Crippen molar-refractivity contribution >= 4 is 27.6 Å². The van der Waals surface area contributed by atoms with E-state index in [1.54, 1.807) is 0 Å². The van der Waals surface area contributed by atoms with Crippen molar-refractivity contribution in [2.24, 2.45) is 12.8 Å². The SMILES string of the molecule is Cn1ccc2c3nc(-c4cccc(CN)c4)nc(N4CCOCC4)c3ccc21. The molecule has 2 N–H and O–H groups in total. The maximum absolute atomic E-state index is 5.85. The maximum Gasteiger partial charge on any atom is 0.162 e. The van der Waals surface area contributed by atoms with Crippen LogP contribution >= 0.6 is 0 Å². The minimum Gasteiger partial charge on any atom is -0.378 e. The third kappa shape index (κ3) is 2.82. The molecule has 0 bridgehead atoms. The molecule has 2 aromatic heterocycles. The first-order valence-electron chi connectivity index (χ1n) is 9.62. The second-order valence-electron chi connectivity index (χ2n) is 7.20. The van der Waals surface area contributed by atoms with Gasteiger partial charge < -0.3 is 19.9 Å². The van der Waals surface area contributed by atoms with Crippen LogP contribution < -0.4 is 10.6 Å². The van der Waals surface area contributed by atoms with Gasteiger partial charge in [0, 0.05) is 54.7 Å². The van der Waals surface area contributed by atoms with E-state index in [1.807, 2.05) is 12.1 Å². The Balaban J connectivity index is 1.79. The molecule has 2 aromatic carbocycles. The van der Waals surface area contributed by atoms with E-state index in [9.17, 15) is 0 Å². The quantitative estimate of drug-likeness (QED) is 0.598. The number of anilines is 1. The third-order valence-corrected chi connectivity index (χ3v) is 5.44. The molecule has 0 saturated carbocycles. The Morgan fingerprint density at radius 1 is 1.04 bits per heavy atom. The van der Waals surface area contributed by atoms with Gasteiger partial charge in [-0.25, -0.2) is 9.97 Å². The molecule has 5 rings (SSSR count). The second-order valence-corrected chi connectivity index (χ2v) is 7.20. The highest BCUT2D eigenvalue weighted by atomic mass is 16.5. The van der Waals surface area contributed by atoms with Gasteiger partial charge in [0.25, 0.3) is 0 Å². The number of aromatic nitrogens is 3. The fraction of sp³-hybridized carbons (Fsp3) is 0.273. The molecule has 0 spiro atoms. The Labute approximate surface area is 163 Å². The summed E-state index contributed by atoms with van der Waals surface area (Å²) in [4.78, 5) is 12.3. The minimum absolute atomic E-state index is 0.501. The van der Waals surface area contributed by atoms with Gasteiger partial charge in [-0.15, -0.1) is 0 Å². The zero-order valence-electron chi connectivity index (χ0n) is 15.9. The number of nitrogens with zero attached hydrogens (tertiary/aromatic N) is 4. The summed E-state index contributed by atoms with van der Waals surface area (Å²) in [6, 6.07) is 14.6. The van der Waals surface area contributed by atoms with E-state index in [2.05, 4.69) is 53.0 Å². The summed E-state index contributed by atoms with van der Waals surface area (Å²) < 4.78 is 7.67. The standard InChI is InChI=1S/C22H23N5O/c1-26-8-7-17-19(26)6-5-18-20(17)24-21(16-4-2-3-15(13-16)14-23)25-22(18)27-9-11-28-12-10-27/h2-8,13H,9-12,14,23H2,1H3. The molecule has 1 fully saturated rings. The minimum atomic E-state index is 0.501. The summed E-state index contributed by atoms with van der Waals surface area (Å²) >= 11 is 0. The molecule has 3 heterocycles. The van der Waals surface area contributed by atoms with Crippen LogP contribution in [-0.2, 0) is 18.3 Å². The van der Waals surface area contributed by atoms with Gasteiger partial charge in [0.1, 0.15) is 5.82 Å². The largest absolute Gasteiger partial charge is 0.378 e. The van der Waals surface area contributed by atoms with Crippen LogP contribution in [0.15, 0.2) is 48.7 Å². The molecule has 0 atom stereocenters. The maximum atomic E-state index is 5.85. The molecule has 1 saturated heterocycles. The number of benzene rings is 2. The first-order chi connectivity index (χ1) is 13.7. The monoisotopic (exact) mass is 373 g/mol. The zero-order valence-corrected chi connectivity index (χ0v) is 15.9. The first-order valence-corrected chi connectivity index (χ1v) is 9.62. The van der Waals surface area contributed by atoms with Crippen molar-refractivity contribution in [3.05, 3.63) is 54.2 Å². The van der Waals surface area contributed by atoms with Crippen LogP contribution in [0.4, 0.5) is 5.82 Å². The summed E-state index contributed by atoms with van der Waals surface area (Å²) in [6.45, 7) is 3.61. The Bertz CT molecular complexity index is 1160. The lowest BCUT2D eigenvalue weighted by atomic mass is 10.1. The normalized spacial score (nSPS) is 14.9.